The van der Waals surface area contributed by atoms with Gasteiger partial charge in [0.1, 0.15) is 10.8 Å². The number of amides is 2. The van der Waals surface area contributed by atoms with Crippen LogP contribution in [-0.2, 0) is 17.6 Å². The van der Waals surface area contributed by atoms with Gasteiger partial charge in [-0.2, -0.15) is 0 Å². The van der Waals surface area contributed by atoms with E-state index in [1.165, 1.54) is 35.6 Å². The standard InChI is InChI=1S/C22H24ClFN2O2S/c1-22(2,3)12-7-8-14-17(11-12)29-21(19(14)20(25)28)26-18(27)10-9-13-15(23)5-4-6-16(13)24/h4-6,9-10,12H,7-8,11H2,1-3H3,(H2,25,28)(H,26,27). The molecule has 1 heterocycles. The normalized spacial score (nSPS) is 16.7. The summed E-state index contributed by atoms with van der Waals surface area (Å²) in [6.45, 7) is 6.64. The van der Waals surface area contributed by atoms with E-state index in [9.17, 15) is 14.0 Å². The maximum Gasteiger partial charge on any atom is 0.251 e. The molecule has 7 heteroatoms. The fourth-order valence-corrected chi connectivity index (χ4v) is 5.22. The van der Waals surface area contributed by atoms with Gasteiger partial charge in [0.15, 0.2) is 0 Å². The molecule has 29 heavy (non-hydrogen) atoms. The van der Waals surface area contributed by atoms with Crippen LogP contribution in [0.15, 0.2) is 24.3 Å². The van der Waals surface area contributed by atoms with Crippen LogP contribution in [0.3, 0.4) is 0 Å². The Morgan fingerprint density at radius 2 is 2.07 bits per heavy atom. The van der Waals surface area contributed by atoms with E-state index in [0.29, 0.717) is 16.5 Å². The molecule has 1 atom stereocenters. The lowest BCUT2D eigenvalue weighted by molar-refractivity contribution is -0.111. The molecular weight excluding hydrogens is 411 g/mol. The molecule has 2 aromatic rings. The van der Waals surface area contributed by atoms with Crippen molar-refractivity contribution >= 4 is 45.8 Å². The summed E-state index contributed by atoms with van der Waals surface area (Å²) in [4.78, 5) is 25.6. The van der Waals surface area contributed by atoms with Gasteiger partial charge in [0.05, 0.1) is 10.6 Å². The van der Waals surface area contributed by atoms with E-state index in [4.69, 9.17) is 17.3 Å². The van der Waals surface area contributed by atoms with Gasteiger partial charge >= 0.3 is 0 Å². The summed E-state index contributed by atoms with van der Waals surface area (Å²) in [6.07, 6.45) is 5.13. The Kier molecular flexibility index (Phi) is 6.15. The number of carbonyl (C=O) groups excluding carboxylic acids is 2. The molecule has 1 aliphatic carbocycles. The fraction of sp³-hybridized carbons (Fsp3) is 0.364. The van der Waals surface area contributed by atoms with Crippen molar-refractivity contribution < 1.29 is 14.0 Å². The van der Waals surface area contributed by atoms with E-state index in [0.717, 1.165) is 29.7 Å². The van der Waals surface area contributed by atoms with Crippen molar-refractivity contribution in [2.24, 2.45) is 17.1 Å². The molecule has 3 N–H and O–H groups in total. The van der Waals surface area contributed by atoms with Gasteiger partial charge in [0.25, 0.3) is 5.91 Å². The lowest BCUT2D eigenvalue weighted by atomic mass is 9.72. The summed E-state index contributed by atoms with van der Waals surface area (Å²) in [5.74, 6) is -1.04. The molecule has 0 bridgehead atoms. The third kappa shape index (κ3) is 4.70. The Hall–Kier alpha value is -2.18. The molecule has 154 valence electrons. The quantitative estimate of drug-likeness (QED) is 0.628. The molecule has 0 radical (unpaired) electrons. The number of benzene rings is 1. The lowest BCUT2D eigenvalue weighted by Crippen LogP contribution is -2.27. The summed E-state index contributed by atoms with van der Waals surface area (Å²) in [5.41, 5.74) is 7.25. The molecule has 1 aliphatic rings. The first kappa shape index (κ1) is 21.5. The van der Waals surface area contributed by atoms with Crippen LogP contribution in [0.4, 0.5) is 9.39 Å². The van der Waals surface area contributed by atoms with Crippen molar-refractivity contribution in [1.82, 2.24) is 0 Å². The summed E-state index contributed by atoms with van der Waals surface area (Å²) in [6, 6.07) is 4.31. The number of rotatable bonds is 4. The molecule has 0 spiro atoms. The van der Waals surface area contributed by atoms with E-state index in [1.807, 2.05) is 0 Å². The highest BCUT2D eigenvalue weighted by Gasteiger charge is 2.33. The Morgan fingerprint density at radius 1 is 1.34 bits per heavy atom. The van der Waals surface area contributed by atoms with E-state index >= 15 is 0 Å². The van der Waals surface area contributed by atoms with Crippen LogP contribution in [0.5, 0.6) is 0 Å². The number of hydrogen-bond acceptors (Lipinski definition) is 3. The largest absolute Gasteiger partial charge is 0.365 e. The van der Waals surface area contributed by atoms with Crippen LogP contribution >= 0.6 is 22.9 Å². The number of nitrogens with one attached hydrogen (secondary N) is 1. The Bertz CT molecular complexity index is 971. The predicted molar refractivity (Wildman–Crippen MR) is 117 cm³/mol. The minimum absolute atomic E-state index is 0.137. The van der Waals surface area contributed by atoms with Crippen LogP contribution in [-0.4, -0.2) is 11.8 Å². The summed E-state index contributed by atoms with van der Waals surface area (Å²) >= 11 is 7.38. The van der Waals surface area contributed by atoms with E-state index in [1.54, 1.807) is 6.07 Å². The molecular formula is C22H24ClFN2O2S. The molecule has 4 nitrogen and oxygen atoms in total. The molecule has 0 saturated carbocycles. The zero-order valence-corrected chi connectivity index (χ0v) is 18.2. The smallest absolute Gasteiger partial charge is 0.251 e. The highest BCUT2D eigenvalue weighted by Crippen LogP contribution is 2.44. The highest BCUT2D eigenvalue weighted by atomic mass is 35.5. The second-order valence-corrected chi connectivity index (χ2v) is 9.85. The van der Waals surface area contributed by atoms with E-state index in [-0.39, 0.29) is 16.0 Å². The van der Waals surface area contributed by atoms with E-state index in [2.05, 4.69) is 26.1 Å². The summed E-state index contributed by atoms with van der Waals surface area (Å²) in [7, 11) is 0. The van der Waals surface area contributed by atoms with Gasteiger partial charge in [0.2, 0.25) is 5.91 Å². The maximum atomic E-state index is 13.9. The number of primary amides is 1. The lowest BCUT2D eigenvalue weighted by Gasteiger charge is -2.33. The van der Waals surface area contributed by atoms with Crippen LogP contribution in [0.25, 0.3) is 6.08 Å². The molecule has 3 rings (SSSR count). The molecule has 1 aromatic carbocycles. The zero-order valence-electron chi connectivity index (χ0n) is 16.6. The van der Waals surface area contributed by atoms with Crippen LogP contribution in [0, 0.1) is 17.2 Å². The van der Waals surface area contributed by atoms with Crippen molar-refractivity contribution in [3.63, 3.8) is 0 Å². The molecule has 0 fully saturated rings. The van der Waals surface area contributed by atoms with Crippen LogP contribution in [0.2, 0.25) is 5.02 Å². The second kappa shape index (κ2) is 8.28. The third-order valence-corrected chi connectivity index (χ3v) is 6.87. The van der Waals surface area contributed by atoms with Crippen molar-refractivity contribution in [3.05, 3.63) is 56.7 Å². The first-order valence-corrected chi connectivity index (χ1v) is 10.6. The monoisotopic (exact) mass is 434 g/mol. The highest BCUT2D eigenvalue weighted by molar-refractivity contribution is 7.17. The summed E-state index contributed by atoms with van der Waals surface area (Å²) in [5, 5.41) is 3.40. The average molecular weight is 435 g/mol. The van der Waals surface area contributed by atoms with Gasteiger partial charge < -0.3 is 11.1 Å². The minimum atomic E-state index is -0.548. The molecule has 2 amide bonds. The zero-order chi connectivity index (χ0) is 21.3. The van der Waals surface area contributed by atoms with Gasteiger partial charge in [-0.3, -0.25) is 9.59 Å². The molecule has 1 aromatic heterocycles. The molecule has 1 unspecified atom stereocenters. The number of carbonyl (C=O) groups is 2. The maximum absolute atomic E-state index is 13.9. The van der Waals surface area contributed by atoms with Crippen LogP contribution in [0.1, 0.15) is 53.6 Å². The topological polar surface area (TPSA) is 72.2 Å². The minimum Gasteiger partial charge on any atom is -0.365 e. The number of anilines is 1. The first-order chi connectivity index (χ1) is 13.6. The number of nitrogens with two attached hydrogens (primary N) is 1. The molecule has 0 aliphatic heterocycles. The number of thiophene rings is 1. The van der Waals surface area contributed by atoms with Crippen molar-refractivity contribution in [3.8, 4) is 0 Å². The van der Waals surface area contributed by atoms with Crippen LogP contribution < -0.4 is 11.1 Å². The second-order valence-electron chi connectivity index (χ2n) is 8.34. The van der Waals surface area contributed by atoms with E-state index < -0.39 is 17.6 Å². The fourth-order valence-electron chi connectivity index (χ4n) is 3.66. The van der Waals surface area contributed by atoms with Crippen molar-refractivity contribution in [1.29, 1.82) is 0 Å². The average Bonchev–Trinajstić information content (AvgIpc) is 2.97. The van der Waals surface area contributed by atoms with Crippen molar-refractivity contribution in [2.45, 2.75) is 40.0 Å². The Morgan fingerprint density at radius 3 is 2.69 bits per heavy atom. The van der Waals surface area contributed by atoms with Gasteiger partial charge in [-0.1, -0.05) is 38.4 Å². The van der Waals surface area contributed by atoms with Crippen molar-refractivity contribution in [2.75, 3.05) is 5.32 Å². The first-order valence-electron chi connectivity index (χ1n) is 9.45. The Balaban J connectivity index is 1.84. The number of fused-ring (bicyclic) bond motifs is 1. The molecule has 0 saturated heterocycles. The SMILES string of the molecule is CC(C)(C)C1CCc2c(sc(NC(=O)C=Cc3c(F)cccc3Cl)c2C(N)=O)C1. The summed E-state index contributed by atoms with van der Waals surface area (Å²) < 4.78 is 13.9. The number of halogens is 2. The Labute approximate surface area is 178 Å². The van der Waals surface area contributed by atoms with Gasteiger partial charge in [-0.25, -0.2) is 4.39 Å². The van der Waals surface area contributed by atoms with Gasteiger partial charge in [0, 0.05) is 16.5 Å². The predicted octanol–water partition coefficient (Wildman–Crippen LogP) is 5.44. The van der Waals surface area contributed by atoms with Gasteiger partial charge in [-0.05, 0) is 54.4 Å². The number of hydrogen-bond donors (Lipinski definition) is 2. The van der Waals surface area contributed by atoms with Gasteiger partial charge in [-0.15, -0.1) is 11.3 Å². The third-order valence-electron chi connectivity index (χ3n) is 5.37.